The highest BCUT2D eigenvalue weighted by molar-refractivity contribution is 9.08. The van der Waals surface area contributed by atoms with Crippen LogP contribution in [0.15, 0.2) is 17.5 Å². The van der Waals surface area contributed by atoms with Gasteiger partial charge < -0.3 is 5.11 Å². The zero-order valence-corrected chi connectivity index (χ0v) is 10.3. The number of thiophene rings is 1. The first-order valence-corrected chi connectivity index (χ1v) is 6.55. The van der Waals surface area contributed by atoms with Crippen molar-refractivity contribution in [2.75, 3.05) is 0 Å². The van der Waals surface area contributed by atoms with Crippen molar-refractivity contribution < 1.29 is 5.11 Å². The van der Waals surface area contributed by atoms with Crippen LogP contribution in [0.3, 0.4) is 0 Å². The molecule has 0 saturated heterocycles. The molecule has 0 unspecified atom stereocenters. The van der Waals surface area contributed by atoms with Gasteiger partial charge in [-0.25, -0.2) is 0 Å². The predicted octanol–water partition coefficient (Wildman–Crippen LogP) is 4.06. The molecule has 0 atom stereocenters. The van der Waals surface area contributed by atoms with E-state index in [1.165, 1.54) is 10.3 Å². The third-order valence-electron chi connectivity index (χ3n) is 2.42. The molecule has 74 valence electrons. The van der Waals surface area contributed by atoms with Crippen LogP contribution in [0.25, 0.3) is 10.1 Å². The second-order valence-corrected chi connectivity index (χ2v) is 4.66. The molecule has 0 radical (unpaired) electrons. The highest BCUT2D eigenvalue weighted by Gasteiger charge is 2.11. The Labute approximate surface area is 95.5 Å². The van der Waals surface area contributed by atoms with E-state index in [-0.39, 0.29) is 0 Å². The average molecular weight is 271 g/mol. The number of rotatable bonds is 2. The van der Waals surface area contributed by atoms with Gasteiger partial charge in [0.15, 0.2) is 0 Å². The maximum absolute atomic E-state index is 9.81. The number of phenols is 1. The maximum Gasteiger partial charge on any atom is 0.120 e. The number of hydrogen-bond acceptors (Lipinski definition) is 2. The van der Waals surface area contributed by atoms with Crippen molar-refractivity contribution in [1.82, 2.24) is 0 Å². The first-order valence-electron chi connectivity index (χ1n) is 4.54. The quantitative estimate of drug-likeness (QED) is 0.816. The third-order valence-corrected chi connectivity index (χ3v) is 3.97. The van der Waals surface area contributed by atoms with Gasteiger partial charge in [0.25, 0.3) is 0 Å². The SMILES string of the molecule is CCc1c(CBr)c(O)cc2ccsc12. The van der Waals surface area contributed by atoms with Gasteiger partial charge in [-0.2, -0.15) is 0 Å². The lowest BCUT2D eigenvalue weighted by atomic mass is 10.0. The lowest BCUT2D eigenvalue weighted by molar-refractivity contribution is 0.471. The Hall–Kier alpha value is -0.540. The minimum absolute atomic E-state index is 0.407. The lowest BCUT2D eigenvalue weighted by Crippen LogP contribution is -1.90. The topological polar surface area (TPSA) is 20.2 Å². The number of fused-ring (bicyclic) bond motifs is 1. The Balaban J connectivity index is 2.82. The van der Waals surface area contributed by atoms with E-state index in [1.807, 2.05) is 6.07 Å². The number of alkyl halides is 1. The van der Waals surface area contributed by atoms with Crippen LogP contribution in [0.1, 0.15) is 18.1 Å². The van der Waals surface area contributed by atoms with Crippen molar-refractivity contribution in [1.29, 1.82) is 0 Å². The number of phenolic OH excluding ortho intramolecular Hbond substituents is 1. The summed E-state index contributed by atoms with van der Waals surface area (Å²) in [5.41, 5.74) is 2.30. The molecule has 2 aromatic rings. The first kappa shape index (κ1) is 9.99. The van der Waals surface area contributed by atoms with E-state index in [1.54, 1.807) is 11.3 Å². The molecule has 14 heavy (non-hydrogen) atoms. The zero-order valence-electron chi connectivity index (χ0n) is 7.88. The van der Waals surface area contributed by atoms with Crippen LogP contribution in [0, 0.1) is 0 Å². The lowest BCUT2D eigenvalue weighted by Gasteiger charge is -2.08. The second kappa shape index (κ2) is 3.91. The molecule has 1 N–H and O–H groups in total. The summed E-state index contributed by atoms with van der Waals surface area (Å²) >= 11 is 5.16. The summed E-state index contributed by atoms with van der Waals surface area (Å²) in [6.07, 6.45) is 0.965. The fourth-order valence-corrected chi connectivity index (χ4v) is 3.38. The molecule has 1 aromatic heterocycles. The van der Waals surface area contributed by atoms with Crippen molar-refractivity contribution in [3.8, 4) is 5.75 Å². The summed E-state index contributed by atoms with van der Waals surface area (Å²) in [5.74, 6) is 0.407. The normalized spacial score (nSPS) is 11.0. The number of benzene rings is 1. The largest absolute Gasteiger partial charge is 0.508 e. The van der Waals surface area contributed by atoms with E-state index in [9.17, 15) is 5.11 Å². The molecule has 0 aliphatic rings. The summed E-state index contributed by atoms with van der Waals surface area (Å²) in [6, 6.07) is 3.90. The summed E-state index contributed by atoms with van der Waals surface area (Å²) in [5, 5.41) is 13.7. The Bertz CT molecular complexity index is 462. The average Bonchev–Trinajstić information content (AvgIpc) is 2.62. The first-order chi connectivity index (χ1) is 6.77. The summed E-state index contributed by atoms with van der Waals surface area (Å²) < 4.78 is 1.31. The molecular formula is C11H11BrOS. The smallest absolute Gasteiger partial charge is 0.120 e. The standard InChI is InChI=1S/C11H11BrOS/c1-2-8-9(6-12)10(13)5-7-3-4-14-11(7)8/h3-5,13H,2,6H2,1H3. The van der Waals surface area contributed by atoms with Gasteiger partial charge in [0.1, 0.15) is 5.75 Å². The van der Waals surface area contributed by atoms with E-state index in [4.69, 9.17) is 0 Å². The fraction of sp³-hybridized carbons (Fsp3) is 0.273. The molecule has 0 amide bonds. The Morgan fingerprint density at radius 3 is 2.86 bits per heavy atom. The van der Waals surface area contributed by atoms with Gasteiger partial charge in [0.05, 0.1) is 0 Å². The number of aromatic hydroxyl groups is 1. The highest BCUT2D eigenvalue weighted by atomic mass is 79.9. The van der Waals surface area contributed by atoms with Crippen LogP contribution in [-0.4, -0.2) is 5.11 Å². The summed E-state index contributed by atoms with van der Waals surface area (Å²) in [4.78, 5) is 0. The number of hydrogen-bond donors (Lipinski definition) is 1. The number of aryl methyl sites for hydroxylation is 1. The molecule has 2 rings (SSSR count). The molecule has 0 saturated carbocycles. The van der Waals surface area contributed by atoms with Crippen molar-refractivity contribution in [3.63, 3.8) is 0 Å². The van der Waals surface area contributed by atoms with E-state index in [0.29, 0.717) is 5.75 Å². The van der Waals surface area contributed by atoms with Crippen molar-refractivity contribution in [2.45, 2.75) is 18.7 Å². The van der Waals surface area contributed by atoms with Crippen LogP contribution >= 0.6 is 27.3 Å². The fourth-order valence-electron chi connectivity index (χ4n) is 1.73. The third kappa shape index (κ3) is 1.44. The van der Waals surface area contributed by atoms with E-state index in [0.717, 1.165) is 22.7 Å². The van der Waals surface area contributed by atoms with Gasteiger partial charge in [0.2, 0.25) is 0 Å². The molecule has 1 aromatic carbocycles. The molecule has 0 aliphatic carbocycles. The van der Waals surface area contributed by atoms with Gasteiger partial charge in [-0.15, -0.1) is 11.3 Å². The van der Waals surface area contributed by atoms with Crippen molar-refractivity contribution in [2.24, 2.45) is 0 Å². The Morgan fingerprint density at radius 1 is 1.43 bits per heavy atom. The number of halogens is 1. The van der Waals surface area contributed by atoms with E-state index < -0.39 is 0 Å². The molecule has 0 aliphatic heterocycles. The van der Waals surface area contributed by atoms with Crippen LogP contribution in [0.5, 0.6) is 5.75 Å². The minimum atomic E-state index is 0.407. The van der Waals surface area contributed by atoms with Crippen molar-refractivity contribution in [3.05, 3.63) is 28.6 Å². The Kier molecular flexibility index (Phi) is 2.79. The van der Waals surface area contributed by atoms with Crippen LogP contribution < -0.4 is 0 Å². The Morgan fingerprint density at radius 2 is 2.21 bits per heavy atom. The van der Waals surface area contributed by atoms with Crippen LogP contribution in [-0.2, 0) is 11.8 Å². The highest BCUT2D eigenvalue weighted by Crippen LogP contribution is 2.35. The van der Waals surface area contributed by atoms with Gasteiger partial charge in [-0.05, 0) is 34.9 Å². The van der Waals surface area contributed by atoms with E-state index in [2.05, 4.69) is 34.3 Å². The van der Waals surface area contributed by atoms with Gasteiger partial charge in [-0.3, -0.25) is 0 Å². The molecule has 3 heteroatoms. The second-order valence-electron chi connectivity index (χ2n) is 3.18. The van der Waals surface area contributed by atoms with Gasteiger partial charge >= 0.3 is 0 Å². The minimum Gasteiger partial charge on any atom is -0.508 e. The monoisotopic (exact) mass is 270 g/mol. The maximum atomic E-state index is 9.81. The molecule has 0 fully saturated rings. The molecular weight excluding hydrogens is 260 g/mol. The summed E-state index contributed by atoms with van der Waals surface area (Å²) in [6.45, 7) is 2.13. The molecule has 0 bridgehead atoms. The van der Waals surface area contributed by atoms with Gasteiger partial charge in [-0.1, -0.05) is 22.9 Å². The summed E-state index contributed by atoms with van der Waals surface area (Å²) in [7, 11) is 0. The predicted molar refractivity (Wildman–Crippen MR) is 65.5 cm³/mol. The van der Waals surface area contributed by atoms with Crippen LogP contribution in [0.4, 0.5) is 0 Å². The zero-order chi connectivity index (χ0) is 10.1. The van der Waals surface area contributed by atoms with Crippen molar-refractivity contribution >= 4 is 37.4 Å². The van der Waals surface area contributed by atoms with E-state index >= 15 is 0 Å². The van der Waals surface area contributed by atoms with Crippen LogP contribution in [0.2, 0.25) is 0 Å². The molecule has 1 heterocycles. The molecule has 1 nitrogen and oxygen atoms in total. The van der Waals surface area contributed by atoms with Gasteiger partial charge in [0, 0.05) is 15.6 Å². The molecule has 0 spiro atoms.